The van der Waals surface area contributed by atoms with Crippen molar-refractivity contribution < 1.29 is 14.6 Å². The minimum absolute atomic E-state index is 0.147. The summed E-state index contributed by atoms with van der Waals surface area (Å²) in [5.41, 5.74) is 0.894. The molecule has 2 heterocycles. The topological polar surface area (TPSA) is 50.7 Å². The van der Waals surface area contributed by atoms with Crippen molar-refractivity contribution in [1.82, 2.24) is 5.32 Å². The lowest BCUT2D eigenvalue weighted by atomic mass is 9.71. The van der Waals surface area contributed by atoms with E-state index >= 15 is 0 Å². The highest BCUT2D eigenvalue weighted by atomic mass is 16.5. The second-order valence-corrected chi connectivity index (χ2v) is 5.52. The minimum atomic E-state index is -0.290. The third kappa shape index (κ3) is 1.57. The van der Waals surface area contributed by atoms with Crippen molar-refractivity contribution in [1.29, 1.82) is 0 Å². The average Bonchev–Trinajstić information content (AvgIpc) is 2.91. The summed E-state index contributed by atoms with van der Waals surface area (Å²) in [6, 6.07) is 8.10. The molecule has 1 aromatic carbocycles. The van der Waals surface area contributed by atoms with Crippen LogP contribution in [-0.2, 0) is 10.3 Å². The van der Waals surface area contributed by atoms with Crippen molar-refractivity contribution in [2.75, 3.05) is 13.3 Å². The van der Waals surface area contributed by atoms with E-state index in [-0.39, 0.29) is 17.6 Å². The van der Waals surface area contributed by atoms with Crippen LogP contribution in [0.2, 0.25) is 0 Å². The number of aliphatic hydroxyl groups is 1. The molecule has 1 saturated heterocycles. The maximum Gasteiger partial charge on any atom is 0.132 e. The van der Waals surface area contributed by atoms with Crippen molar-refractivity contribution in [3.8, 4) is 5.75 Å². The zero-order chi connectivity index (χ0) is 12.9. The first-order valence-electron chi connectivity index (χ1n) is 6.78. The van der Waals surface area contributed by atoms with Gasteiger partial charge in [-0.05, 0) is 25.0 Å². The second-order valence-electron chi connectivity index (χ2n) is 5.52. The molecule has 0 aromatic heterocycles. The smallest absolute Gasteiger partial charge is 0.132 e. The molecule has 2 aliphatic heterocycles. The Labute approximate surface area is 112 Å². The first kappa shape index (κ1) is 11.5. The van der Waals surface area contributed by atoms with Crippen LogP contribution in [0.3, 0.4) is 0 Å². The Morgan fingerprint density at radius 2 is 2.21 bits per heavy atom. The largest absolute Gasteiger partial charge is 0.461 e. The maximum atomic E-state index is 9.97. The van der Waals surface area contributed by atoms with Crippen LogP contribution in [0, 0.1) is 5.92 Å². The van der Waals surface area contributed by atoms with Crippen LogP contribution in [0.15, 0.2) is 36.1 Å². The lowest BCUT2D eigenvalue weighted by Crippen LogP contribution is -2.52. The number of benzene rings is 1. The Balaban J connectivity index is 1.89. The van der Waals surface area contributed by atoms with Crippen molar-refractivity contribution in [2.24, 2.45) is 5.92 Å². The SMILES string of the molecule is OC1CC=C2Oc3ccccc3C3(COCN3)C2C1. The summed E-state index contributed by atoms with van der Waals surface area (Å²) in [5.74, 6) is 2.02. The van der Waals surface area contributed by atoms with E-state index in [0.717, 1.165) is 23.5 Å². The van der Waals surface area contributed by atoms with E-state index in [4.69, 9.17) is 9.47 Å². The zero-order valence-corrected chi connectivity index (χ0v) is 10.6. The number of ether oxygens (including phenoxy) is 2. The molecule has 3 aliphatic rings. The molecule has 0 amide bonds. The highest BCUT2D eigenvalue weighted by Gasteiger charge is 2.51. The van der Waals surface area contributed by atoms with Gasteiger partial charge < -0.3 is 14.6 Å². The molecule has 4 nitrogen and oxygen atoms in total. The van der Waals surface area contributed by atoms with Gasteiger partial charge in [-0.1, -0.05) is 18.2 Å². The second kappa shape index (κ2) is 4.07. The van der Waals surface area contributed by atoms with E-state index in [1.165, 1.54) is 0 Å². The third-order valence-corrected chi connectivity index (χ3v) is 4.45. The van der Waals surface area contributed by atoms with Gasteiger partial charge in [0.15, 0.2) is 0 Å². The molecule has 1 aliphatic carbocycles. The van der Waals surface area contributed by atoms with Crippen LogP contribution in [0.4, 0.5) is 0 Å². The predicted molar refractivity (Wildman–Crippen MR) is 69.5 cm³/mol. The molecule has 4 heteroatoms. The average molecular weight is 259 g/mol. The number of nitrogens with one attached hydrogen (secondary N) is 1. The van der Waals surface area contributed by atoms with Crippen LogP contribution < -0.4 is 10.1 Å². The molecular formula is C15H17NO3. The Bertz CT molecular complexity index is 534. The Kier molecular flexibility index (Phi) is 2.45. The monoisotopic (exact) mass is 259 g/mol. The van der Waals surface area contributed by atoms with Gasteiger partial charge in [-0.3, -0.25) is 5.32 Å². The van der Waals surface area contributed by atoms with E-state index in [1.807, 2.05) is 24.3 Å². The molecule has 0 saturated carbocycles. The summed E-state index contributed by atoms with van der Waals surface area (Å²) in [7, 11) is 0. The Hall–Kier alpha value is -1.36. The van der Waals surface area contributed by atoms with Gasteiger partial charge >= 0.3 is 0 Å². The number of fused-ring (bicyclic) bond motifs is 4. The highest BCUT2D eigenvalue weighted by Crippen LogP contribution is 2.49. The summed E-state index contributed by atoms with van der Waals surface area (Å²) in [6.45, 7) is 1.18. The van der Waals surface area contributed by atoms with Crippen molar-refractivity contribution in [2.45, 2.75) is 24.5 Å². The van der Waals surface area contributed by atoms with Gasteiger partial charge in [0.2, 0.25) is 0 Å². The summed E-state index contributed by atoms with van der Waals surface area (Å²) in [5, 5.41) is 13.5. The molecule has 0 radical (unpaired) electrons. The molecular weight excluding hydrogens is 242 g/mol. The molecule has 3 unspecified atom stereocenters. The van der Waals surface area contributed by atoms with Gasteiger partial charge in [-0.2, -0.15) is 0 Å². The number of para-hydroxylation sites is 1. The van der Waals surface area contributed by atoms with Crippen LogP contribution in [0.25, 0.3) is 0 Å². The summed E-state index contributed by atoms with van der Waals surface area (Å²) in [4.78, 5) is 0. The first-order valence-corrected chi connectivity index (χ1v) is 6.78. The standard InChI is InChI=1S/C15H17NO3/c17-10-5-6-14-12(7-10)15(8-18-9-16-15)11-3-1-2-4-13(11)19-14/h1-4,6,10,12,16-17H,5,7-9H2. The van der Waals surface area contributed by atoms with E-state index in [9.17, 15) is 5.11 Å². The van der Waals surface area contributed by atoms with Gasteiger partial charge in [0.05, 0.1) is 25.0 Å². The molecule has 4 rings (SSSR count). The maximum absolute atomic E-state index is 9.97. The van der Waals surface area contributed by atoms with Gasteiger partial charge in [0, 0.05) is 11.5 Å². The highest BCUT2D eigenvalue weighted by molar-refractivity contribution is 5.46. The van der Waals surface area contributed by atoms with Gasteiger partial charge in [0.25, 0.3) is 0 Å². The summed E-state index contributed by atoms with van der Waals surface area (Å²) >= 11 is 0. The molecule has 2 N–H and O–H groups in total. The van der Waals surface area contributed by atoms with Gasteiger partial charge in [-0.15, -0.1) is 0 Å². The fraction of sp³-hybridized carbons (Fsp3) is 0.467. The first-order chi connectivity index (χ1) is 9.29. The molecule has 1 spiro atoms. The van der Waals surface area contributed by atoms with Crippen LogP contribution in [0.5, 0.6) is 5.75 Å². The summed E-state index contributed by atoms with van der Waals surface area (Å²) < 4.78 is 11.6. The third-order valence-electron chi connectivity index (χ3n) is 4.45. The van der Waals surface area contributed by atoms with Crippen LogP contribution in [-0.4, -0.2) is 24.5 Å². The normalized spacial score (nSPS) is 36.4. The number of hydrogen-bond acceptors (Lipinski definition) is 4. The molecule has 1 fully saturated rings. The van der Waals surface area contributed by atoms with Crippen LogP contribution in [0.1, 0.15) is 18.4 Å². The molecule has 0 bridgehead atoms. The summed E-state index contributed by atoms with van der Waals surface area (Å²) in [6.07, 6.45) is 3.12. The molecule has 1 aromatic rings. The van der Waals surface area contributed by atoms with E-state index in [0.29, 0.717) is 19.8 Å². The number of hydrogen-bond donors (Lipinski definition) is 2. The van der Waals surface area contributed by atoms with E-state index < -0.39 is 0 Å². The molecule has 3 atom stereocenters. The van der Waals surface area contributed by atoms with Crippen molar-refractivity contribution in [3.05, 3.63) is 41.7 Å². The van der Waals surface area contributed by atoms with Crippen LogP contribution >= 0.6 is 0 Å². The van der Waals surface area contributed by atoms with Gasteiger partial charge in [-0.25, -0.2) is 0 Å². The number of aliphatic hydroxyl groups excluding tert-OH is 1. The van der Waals surface area contributed by atoms with E-state index in [1.54, 1.807) is 0 Å². The fourth-order valence-corrected chi connectivity index (χ4v) is 3.51. The lowest BCUT2D eigenvalue weighted by molar-refractivity contribution is 0.0690. The minimum Gasteiger partial charge on any atom is -0.461 e. The fourth-order valence-electron chi connectivity index (χ4n) is 3.51. The number of rotatable bonds is 0. The Morgan fingerprint density at radius 3 is 3.05 bits per heavy atom. The lowest BCUT2D eigenvalue weighted by Gasteiger charge is -2.45. The van der Waals surface area contributed by atoms with Crippen molar-refractivity contribution in [3.63, 3.8) is 0 Å². The molecule has 19 heavy (non-hydrogen) atoms. The zero-order valence-electron chi connectivity index (χ0n) is 10.6. The van der Waals surface area contributed by atoms with Gasteiger partial charge in [0.1, 0.15) is 11.5 Å². The predicted octanol–water partition coefficient (Wildman–Crippen LogP) is 1.51. The Morgan fingerprint density at radius 1 is 1.32 bits per heavy atom. The van der Waals surface area contributed by atoms with Crippen molar-refractivity contribution >= 4 is 0 Å². The van der Waals surface area contributed by atoms with E-state index in [2.05, 4.69) is 11.4 Å². The molecule has 100 valence electrons. The quantitative estimate of drug-likeness (QED) is 0.741.